The number of halogens is 1. The summed E-state index contributed by atoms with van der Waals surface area (Å²) >= 11 is 3.79. The molecular weight excluding hydrogens is 1490 g/mol. The molecule has 12 heterocycles. The highest BCUT2D eigenvalue weighted by Crippen LogP contribution is 2.54. The quantitative estimate of drug-likeness (QED) is 0.117. The number of carbonyl (C=O) groups excluding carboxylic acids is 2. The number of aliphatic carboxylic acids is 1. The average Bonchev–Trinajstić information content (AvgIpc) is 1.51. The number of anilines is 2. The Bertz CT molecular complexity index is 4250. The molecule has 6 aliphatic carbocycles. The highest BCUT2D eigenvalue weighted by atomic mass is 79.9. The monoisotopic (exact) mass is 1620 g/mol. The number of nitrogens with one attached hydrogen (secondary N) is 1. The second-order valence-corrected chi connectivity index (χ2v) is 41.8. The normalized spacial score (nSPS) is 35.7. The molecule has 19 heteroatoms. The minimum Gasteiger partial charge on any atom is -0.480 e. The van der Waals surface area contributed by atoms with Crippen molar-refractivity contribution in [1.29, 1.82) is 0 Å². The summed E-state index contributed by atoms with van der Waals surface area (Å²) < 4.78 is 19.7. The number of hydrogen-bond donors (Lipinski definition) is 2. The number of carbonyl (C=O) groups is 3. The number of aromatic nitrogens is 6. The zero-order chi connectivity index (χ0) is 78.1. The van der Waals surface area contributed by atoms with Gasteiger partial charge >= 0.3 is 17.9 Å². The van der Waals surface area contributed by atoms with Crippen LogP contribution in [0.15, 0.2) is 77.5 Å². The van der Waals surface area contributed by atoms with Crippen LogP contribution in [0.2, 0.25) is 0 Å². The van der Waals surface area contributed by atoms with E-state index in [-0.39, 0.29) is 29.6 Å². The maximum Gasteiger partial charge on any atom is 0.329 e. The lowest BCUT2D eigenvalue weighted by Gasteiger charge is -2.55. The van der Waals surface area contributed by atoms with Crippen LogP contribution in [0.5, 0.6) is 0 Å². The molecule has 2 N–H and O–H groups in total. The van der Waals surface area contributed by atoms with E-state index in [2.05, 4.69) is 132 Å². The Labute approximate surface area is 688 Å². The summed E-state index contributed by atoms with van der Waals surface area (Å²) in [7, 11) is 0. The fraction of sp³-hybridized carbons (Fsp3) is 0.747. The number of imidazole rings is 3. The van der Waals surface area contributed by atoms with E-state index in [4.69, 9.17) is 24.4 Å². The average molecular weight is 1620 g/mol. The topological polar surface area (TPSA) is 172 Å². The van der Waals surface area contributed by atoms with Crippen LogP contribution >= 0.6 is 15.9 Å². The summed E-state index contributed by atoms with van der Waals surface area (Å²) in [4.78, 5) is 65.3. The number of benzene rings is 3. The summed E-state index contributed by atoms with van der Waals surface area (Å²) in [6.45, 7) is 14.1. The molecule has 9 aliphatic heterocycles. The fourth-order valence-electron chi connectivity index (χ4n) is 27.1. The molecule has 620 valence electrons. The number of carboxylic acids is 1. The first-order valence-electron chi connectivity index (χ1n) is 46.6. The van der Waals surface area contributed by atoms with Crippen LogP contribution in [0.25, 0.3) is 33.1 Å². The molecule has 114 heavy (non-hydrogen) atoms. The minimum absolute atomic E-state index is 0.0655. The van der Waals surface area contributed by atoms with Gasteiger partial charge in [-0.25, -0.2) is 24.5 Å². The Balaban J connectivity index is 0.000000112. The third kappa shape index (κ3) is 16.9. The molecule has 18 nitrogen and oxygen atoms in total. The second kappa shape index (κ2) is 33.9. The number of fused-ring (bicyclic) bond motifs is 15. The first kappa shape index (κ1) is 79.5. The maximum atomic E-state index is 13.3. The summed E-state index contributed by atoms with van der Waals surface area (Å²) in [6.07, 6.45) is 51.7. The van der Waals surface area contributed by atoms with Gasteiger partial charge in [-0.15, -0.1) is 0 Å². The summed E-state index contributed by atoms with van der Waals surface area (Å²) in [5.41, 5.74) is 6.06. The van der Waals surface area contributed by atoms with E-state index in [1.807, 2.05) is 41.5 Å². The molecule has 12 bridgehead atoms. The zero-order valence-corrected chi connectivity index (χ0v) is 71.6. The molecule has 3 aromatic carbocycles. The number of rotatable bonds is 11. The summed E-state index contributed by atoms with van der Waals surface area (Å²) in [5, 5.41) is 13.0. The van der Waals surface area contributed by atoms with Gasteiger partial charge < -0.3 is 43.4 Å². The largest absolute Gasteiger partial charge is 0.480 e. The van der Waals surface area contributed by atoms with Crippen molar-refractivity contribution in [2.75, 3.05) is 29.4 Å². The van der Waals surface area contributed by atoms with Crippen molar-refractivity contribution in [2.24, 2.45) is 35.5 Å². The van der Waals surface area contributed by atoms with Crippen molar-refractivity contribution in [1.82, 2.24) is 48.7 Å². The Morgan fingerprint density at radius 2 is 0.702 bits per heavy atom. The predicted octanol–water partition coefficient (Wildman–Crippen LogP) is 19.9. The fourth-order valence-corrected chi connectivity index (χ4v) is 27.8. The molecule has 6 aromatic rings. The van der Waals surface area contributed by atoms with E-state index in [0.29, 0.717) is 48.7 Å². The van der Waals surface area contributed by atoms with Crippen molar-refractivity contribution in [3.8, 4) is 0 Å². The van der Waals surface area contributed by atoms with Crippen LogP contribution in [0.4, 0.5) is 11.9 Å². The first-order chi connectivity index (χ1) is 55.2. The Morgan fingerprint density at radius 3 is 1.07 bits per heavy atom. The predicted molar refractivity (Wildman–Crippen MR) is 458 cm³/mol. The lowest BCUT2D eigenvalue weighted by atomic mass is 9.68. The van der Waals surface area contributed by atoms with E-state index in [1.54, 1.807) is 0 Å². The van der Waals surface area contributed by atoms with E-state index in [0.717, 1.165) is 151 Å². The number of esters is 2. The van der Waals surface area contributed by atoms with Crippen LogP contribution < -0.4 is 15.1 Å². The van der Waals surface area contributed by atoms with Crippen molar-refractivity contribution in [3.63, 3.8) is 0 Å². The number of ether oxygens (including phenoxy) is 2. The number of carboxylic acid groups (broad SMARTS) is 1. The lowest BCUT2D eigenvalue weighted by Crippen LogP contribution is -2.58. The molecule has 9 saturated heterocycles. The molecule has 0 radical (unpaired) electrons. The van der Waals surface area contributed by atoms with E-state index in [1.165, 1.54) is 228 Å². The van der Waals surface area contributed by atoms with Gasteiger partial charge in [0.25, 0.3) is 0 Å². The molecular formula is C95H137BrN12O6. The van der Waals surface area contributed by atoms with Gasteiger partial charge in [-0.2, -0.15) is 0 Å². The molecule has 15 fully saturated rings. The summed E-state index contributed by atoms with van der Waals surface area (Å²) in [5.74, 6) is 6.92. The number of piperidine rings is 6. The SMILES string of the molecule is Brc1nc2ccccc2n1C1C[C@H]2CCC[C@@H](C1)N2C1C[C@H]2CCC[C@@H](C1)C2.CC(C)(C)OC(=O)[C@H]1CCCN1.CC(C)(C)OC(=O)[C@H]1CCCN1c1nc2ccccc2n1C1C[C@H]2CCC[C@@H](C1)N2C1C[C@H]2CCC[C@@H](C1)C2.O=C(O)[C@H]1CCCN1c1nc2ccccc2n1C1C[C@H]2CCC[C@@H](C1)N2C1C[C@H]2CCC[C@@H](C1)C2. The Morgan fingerprint density at radius 1 is 0.368 bits per heavy atom. The Hall–Kier alpha value is -5.60. The Kier molecular flexibility index (Phi) is 23.6. The van der Waals surface area contributed by atoms with Gasteiger partial charge in [0.05, 0.1) is 33.1 Å². The highest BCUT2D eigenvalue weighted by Gasteiger charge is 2.51. The van der Waals surface area contributed by atoms with Gasteiger partial charge in [-0.1, -0.05) is 113 Å². The zero-order valence-electron chi connectivity index (χ0n) is 70.0. The highest BCUT2D eigenvalue weighted by molar-refractivity contribution is 9.10. The molecule has 15 aliphatic rings. The lowest BCUT2D eigenvalue weighted by molar-refractivity contribution is -0.157. The maximum absolute atomic E-state index is 13.3. The smallest absolute Gasteiger partial charge is 0.329 e. The third-order valence-electron chi connectivity index (χ3n) is 31.1. The molecule has 6 saturated carbocycles. The van der Waals surface area contributed by atoms with Gasteiger partial charge in [-0.3, -0.25) is 19.5 Å². The molecule has 21 rings (SSSR count). The van der Waals surface area contributed by atoms with Gasteiger partial charge in [0, 0.05) is 85.6 Å². The molecule has 3 aromatic heterocycles. The van der Waals surface area contributed by atoms with Gasteiger partial charge in [-0.05, 0) is 309 Å². The number of hydrogen-bond acceptors (Lipinski definition) is 14. The number of nitrogens with zero attached hydrogens (tertiary/aromatic N) is 11. The van der Waals surface area contributed by atoms with Gasteiger partial charge in [0.15, 0.2) is 4.73 Å². The van der Waals surface area contributed by atoms with Crippen LogP contribution in [0, 0.1) is 35.5 Å². The van der Waals surface area contributed by atoms with Crippen LogP contribution in [0.1, 0.15) is 310 Å². The minimum atomic E-state index is -0.712. The molecule has 0 spiro atoms. The van der Waals surface area contributed by atoms with Gasteiger partial charge in [0.1, 0.15) is 29.3 Å². The van der Waals surface area contributed by atoms with Crippen molar-refractivity contribution >= 4 is 78.8 Å². The molecule has 21 atom stereocenters. The molecule has 0 amide bonds. The van der Waals surface area contributed by atoms with Crippen LogP contribution in [0.3, 0.4) is 0 Å². The van der Waals surface area contributed by atoms with Gasteiger partial charge in [0.2, 0.25) is 11.9 Å². The van der Waals surface area contributed by atoms with Crippen LogP contribution in [-0.4, -0.2) is 170 Å². The van der Waals surface area contributed by atoms with Crippen molar-refractivity contribution in [2.45, 2.75) is 394 Å². The summed E-state index contributed by atoms with van der Waals surface area (Å²) in [6, 6.07) is 33.1. The van der Waals surface area contributed by atoms with E-state index < -0.39 is 17.6 Å². The van der Waals surface area contributed by atoms with E-state index in [9.17, 15) is 19.5 Å². The van der Waals surface area contributed by atoms with Crippen LogP contribution in [-0.2, 0) is 23.9 Å². The second-order valence-electron chi connectivity index (χ2n) is 41.0. The molecule has 6 unspecified atom stereocenters. The van der Waals surface area contributed by atoms with Crippen molar-refractivity contribution < 1.29 is 29.0 Å². The van der Waals surface area contributed by atoms with Crippen molar-refractivity contribution in [3.05, 3.63) is 77.5 Å². The third-order valence-corrected chi connectivity index (χ3v) is 31.7. The number of para-hydroxylation sites is 6. The first-order valence-corrected chi connectivity index (χ1v) is 47.4. The van der Waals surface area contributed by atoms with E-state index >= 15 is 0 Å². The standard InChI is InChI=1S/C33H48N4O2.C29H40N4O2.C24H32BrN3.C9H17NO2/c1-33(2,3)39-31(38)30-15-8-16-35(30)32-34-28-13-4-5-14-29(28)37(32)27-20-24-11-7-12-25(21-27)36(24)26-18-22-9-6-10-23(17-22)19-26;34-28(35)27-12-5-13-31(27)29-30-25-10-1-2-11-26(25)33(29)24-17-21-8-4-9-22(18-24)32(21)23-15-19-6-3-7-20(14-19)16-23;25-24-26-22-9-1-2-10-23(22)28(24)21-14-18-7-4-8-19(15-21)27(18)20-12-16-5-3-6-17(11-16)13-20;1-9(2,3)12-8(11)7-5-4-6-10-7/h4-5,13-14,22-27,30H,6-12,15-21H2,1-3H3;1-2,10-11,19-24,27H,3-9,12-18H2,(H,34,35);1-2,9-10,16-21H,3-8,11-15H2;7,10H,4-6H2,1-3H3/t22-,23+,24-,25+,26?,27?,30-;19-,20+,21-,22+,23?,24?,27-;16-,17+,18-,19+,20?,21?;7-/m11.1/s1.